The number of alkyl halides is 1. The normalized spacial score (nSPS) is 13.0. The lowest BCUT2D eigenvalue weighted by atomic mass is 10.1. The summed E-state index contributed by atoms with van der Waals surface area (Å²) in [6.45, 7) is 5.60. The lowest BCUT2D eigenvalue weighted by Crippen LogP contribution is -2.38. The van der Waals surface area contributed by atoms with Crippen molar-refractivity contribution in [3.8, 4) is 5.75 Å². The van der Waals surface area contributed by atoms with E-state index in [9.17, 15) is 4.79 Å². The Bertz CT molecular complexity index is 381. The molecule has 17 heavy (non-hydrogen) atoms. The number of hydrogen-bond donors (Lipinski definition) is 1. The van der Waals surface area contributed by atoms with Crippen molar-refractivity contribution in [3.63, 3.8) is 0 Å². The average Bonchev–Trinajstić information content (AvgIpc) is 2.27. The Labute approximate surface area is 111 Å². The van der Waals surface area contributed by atoms with Gasteiger partial charge in [0.05, 0.1) is 17.5 Å². The molecule has 0 saturated carbocycles. The third-order valence-electron chi connectivity index (χ3n) is 2.50. The Hall–Kier alpha value is -1.03. The summed E-state index contributed by atoms with van der Waals surface area (Å²) in [6.07, 6.45) is 0. The van der Waals surface area contributed by atoms with Crippen LogP contribution in [0, 0.1) is 0 Å². The van der Waals surface area contributed by atoms with Gasteiger partial charge in [-0.15, -0.1) is 0 Å². The molecule has 0 heterocycles. The highest BCUT2D eigenvalue weighted by Gasteiger charge is 2.24. The highest BCUT2D eigenvalue weighted by Crippen LogP contribution is 2.20. The SMILES string of the molecule is COc1ccc([C@H](C)NC(=O)C(C)(C)Br)cc1. The summed E-state index contributed by atoms with van der Waals surface area (Å²) in [4.78, 5) is 11.8. The van der Waals surface area contributed by atoms with Crippen molar-refractivity contribution in [2.24, 2.45) is 0 Å². The minimum Gasteiger partial charge on any atom is -0.497 e. The molecule has 1 rings (SSSR count). The van der Waals surface area contributed by atoms with E-state index in [4.69, 9.17) is 4.74 Å². The van der Waals surface area contributed by atoms with Crippen molar-refractivity contribution in [1.29, 1.82) is 0 Å². The smallest absolute Gasteiger partial charge is 0.236 e. The number of methoxy groups -OCH3 is 1. The maximum atomic E-state index is 11.8. The monoisotopic (exact) mass is 299 g/mol. The van der Waals surface area contributed by atoms with E-state index >= 15 is 0 Å². The fraction of sp³-hybridized carbons (Fsp3) is 0.462. The van der Waals surface area contributed by atoms with Gasteiger partial charge in [-0.1, -0.05) is 28.1 Å². The van der Waals surface area contributed by atoms with Crippen molar-refractivity contribution in [2.75, 3.05) is 7.11 Å². The zero-order valence-electron chi connectivity index (χ0n) is 10.6. The van der Waals surface area contributed by atoms with E-state index in [0.717, 1.165) is 11.3 Å². The molecule has 3 nitrogen and oxygen atoms in total. The fourth-order valence-electron chi connectivity index (χ4n) is 1.34. The Kier molecular flexibility index (Phi) is 4.57. The van der Waals surface area contributed by atoms with Crippen LogP contribution < -0.4 is 10.1 Å². The lowest BCUT2D eigenvalue weighted by Gasteiger charge is -2.20. The Morgan fingerprint density at radius 3 is 2.29 bits per heavy atom. The summed E-state index contributed by atoms with van der Waals surface area (Å²) in [5, 5.41) is 2.95. The molecular weight excluding hydrogens is 282 g/mol. The first-order chi connectivity index (χ1) is 7.84. The van der Waals surface area contributed by atoms with E-state index in [1.54, 1.807) is 7.11 Å². The number of ether oxygens (including phenoxy) is 1. The summed E-state index contributed by atoms with van der Waals surface area (Å²) in [6, 6.07) is 7.65. The van der Waals surface area contributed by atoms with E-state index in [2.05, 4.69) is 21.2 Å². The zero-order chi connectivity index (χ0) is 13.1. The van der Waals surface area contributed by atoms with Crippen molar-refractivity contribution < 1.29 is 9.53 Å². The highest BCUT2D eigenvalue weighted by atomic mass is 79.9. The molecule has 0 radical (unpaired) electrons. The molecule has 0 spiro atoms. The second kappa shape index (κ2) is 5.54. The predicted molar refractivity (Wildman–Crippen MR) is 72.6 cm³/mol. The first-order valence-electron chi connectivity index (χ1n) is 5.48. The average molecular weight is 300 g/mol. The van der Waals surface area contributed by atoms with Crippen LogP contribution in [0.4, 0.5) is 0 Å². The first-order valence-corrected chi connectivity index (χ1v) is 6.27. The molecule has 1 atom stereocenters. The van der Waals surface area contributed by atoms with Crippen LogP contribution in [0.25, 0.3) is 0 Å². The summed E-state index contributed by atoms with van der Waals surface area (Å²) >= 11 is 3.34. The molecule has 0 unspecified atom stereocenters. The van der Waals surface area contributed by atoms with Crippen molar-refractivity contribution in [2.45, 2.75) is 31.1 Å². The molecule has 4 heteroatoms. The molecule has 94 valence electrons. The maximum Gasteiger partial charge on any atom is 0.236 e. The van der Waals surface area contributed by atoms with Gasteiger partial charge in [0.15, 0.2) is 0 Å². The third kappa shape index (κ3) is 4.04. The second-order valence-corrected chi connectivity index (χ2v) is 6.42. The molecule has 0 fully saturated rings. The van der Waals surface area contributed by atoms with Gasteiger partial charge in [0.25, 0.3) is 0 Å². The van der Waals surface area contributed by atoms with Gasteiger partial charge < -0.3 is 10.1 Å². The molecule has 0 saturated heterocycles. The van der Waals surface area contributed by atoms with Gasteiger partial charge in [-0.3, -0.25) is 4.79 Å². The number of benzene rings is 1. The molecule has 0 aliphatic rings. The van der Waals surface area contributed by atoms with Gasteiger partial charge in [-0.25, -0.2) is 0 Å². The fourth-order valence-corrected chi connectivity index (χ4v) is 1.46. The van der Waals surface area contributed by atoms with Gasteiger partial charge in [-0.2, -0.15) is 0 Å². The Balaban J connectivity index is 2.70. The van der Waals surface area contributed by atoms with Crippen molar-refractivity contribution >= 4 is 21.8 Å². The van der Waals surface area contributed by atoms with E-state index in [-0.39, 0.29) is 11.9 Å². The van der Waals surface area contributed by atoms with Crippen molar-refractivity contribution in [1.82, 2.24) is 5.32 Å². The van der Waals surface area contributed by atoms with Crippen LogP contribution in [0.15, 0.2) is 24.3 Å². The van der Waals surface area contributed by atoms with Gasteiger partial charge in [0.2, 0.25) is 5.91 Å². The Morgan fingerprint density at radius 1 is 1.35 bits per heavy atom. The minimum absolute atomic E-state index is 0.0229. The number of halogens is 1. The molecule has 0 aliphatic carbocycles. The molecule has 0 bridgehead atoms. The standard InChI is InChI=1S/C13H18BrNO2/c1-9(15-12(16)13(2,3)14)10-5-7-11(17-4)8-6-10/h5-9H,1-4H3,(H,15,16)/t9-/m0/s1. The number of hydrogen-bond acceptors (Lipinski definition) is 2. The van der Waals surface area contributed by atoms with Crippen molar-refractivity contribution in [3.05, 3.63) is 29.8 Å². The van der Waals surface area contributed by atoms with E-state index in [0.29, 0.717) is 0 Å². The van der Waals surface area contributed by atoms with Crippen LogP contribution in [0.5, 0.6) is 5.75 Å². The van der Waals surface area contributed by atoms with Gasteiger partial charge in [0.1, 0.15) is 5.75 Å². The second-order valence-electron chi connectivity index (χ2n) is 4.44. The predicted octanol–water partition coefficient (Wildman–Crippen LogP) is 3.05. The van der Waals surface area contributed by atoms with Gasteiger partial charge in [-0.05, 0) is 38.5 Å². The van der Waals surface area contributed by atoms with Crippen LogP contribution in [0.2, 0.25) is 0 Å². The zero-order valence-corrected chi connectivity index (χ0v) is 12.2. The summed E-state index contributed by atoms with van der Waals surface area (Å²) in [5.74, 6) is 0.786. The maximum absolute atomic E-state index is 11.8. The highest BCUT2D eigenvalue weighted by molar-refractivity contribution is 9.10. The van der Waals surface area contributed by atoms with E-state index in [1.165, 1.54) is 0 Å². The Morgan fingerprint density at radius 2 is 1.88 bits per heavy atom. The van der Waals surface area contributed by atoms with E-state index < -0.39 is 4.32 Å². The molecule has 1 N–H and O–H groups in total. The topological polar surface area (TPSA) is 38.3 Å². The number of carbonyl (C=O) groups excluding carboxylic acids is 1. The summed E-state index contributed by atoms with van der Waals surface area (Å²) in [7, 11) is 1.63. The van der Waals surface area contributed by atoms with Crippen LogP contribution in [-0.4, -0.2) is 17.3 Å². The van der Waals surface area contributed by atoms with Crippen LogP contribution in [0.3, 0.4) is 0 Å². The van der Waals surface area contributed by atoms with Crippen LogP contribution >= 0.6 is 15.9 Å². The first kappa shape index (κ1) is 14.0. The molecule has 1 aromatic rings. The molecule has 0 aromatic heterocycles. The summed E-state index contributed by atoms with van der Waals surface area (Å²) < 4.78 is 4.54. The number of nitrogens with one attached hydrogen (secondary N) is 1. The molecule has 0 aliphatic heterocycles. The van der Waals surface area contributed by atoms with Crippen LogP contribution in [-0.2, 0) is 4.79 Å². The van der Waals surface area contributed by atoms with Gasteiger partial charge in [0, 0.05) is 0 Å². The molecular formula is C13H18BrNO2. The summed E-state index contributed by atoms with van der Waals surface area (Å²) in [5.41, 5.74) is 1.05. The molecule has 1 amide bonds. The lowest BCUT2D eigenvalue weighted by molar-refractivity contribution is -0.123. The quantitative estimate of drug-likeness (QED) is 0.868. The molecule has 1 aromatic carbocycles. The number of rotatable bonds is 4. The largest absolute Gasteiger partial charge is 0.497 e. The number of carbonyl (C=O) groups is 1. The third-order valence-corrected chi connectivity index (χ3v) is 2.86. The van der Waals surface area contributed by atoms with Crippen LogP contribution in [0.1, 0.15) is 32.4 Å². The van der Waals surface area contributed by atoms with E-state index in [1.807, 2.05) is 45.0 Å². The van der Waals surface area contributed by atoms with Gasteiger partial charge >= 0.3 is 0 Å². The minimum atomic E-state index is -0.548. The number of amides is 1.